The van der Waals surface area contributed by atoms with E-state index in [0.717, 1.165) is 18.7 Å². The highest BCUT2D eigenvalue weighted by atomic mass is 19.1. The predicted molar refractivity (Wildman–Crippen MR) is 82.5 cm³/mol. The van der Waals surface area contributed by atoms with Gasteiger partial charge in [-0.2, -0.15) is 0 Å². The van der Waals surface area contributed by atoms with E-state index in [1.54, 1.807) is 6.07 Å². The van der Waals surface area contributed by atoms with E-state index < -0.39 is 12.9 Å². The van der Waals surface area contributed by atoms with E-state index in [0.29, 0.717) is 6.54 Å². The van der Waals surface area contributed by atoms with Crippen molar-refractivity contribution >= 4 is 12.6 Å². The molecule has 3 nitrogen and oxygen atoms in total. The van der Waals surface area contributed by atoms with Crippen molar-refractivity contribution < 1.29 is 14.4 Å². The Morgan fingerprint density at radius 2 is 1.76 bits per heavy atom. The first kappa shape index (κ1) is 15.7. The molecular formula is C16H19BFNO2. The Bertz CT molecular complexity index is 578. The maximum atomic E-state index is 13.2. The molecule has 0 radical (unpaired) electrons. The van der Waals surface area contributed by atoms with Crippen molar-refractivity contribution in [3.8, 4) is 0 Å². The molecule has 2 aromatic rings. The van der Waals surface area contributed by atoms with Crippen LogP contribution in [0, 0.1) is 5.82 Å². The number of hydrogen-bond acceptors (Lipinski definition) is 3. The first-order valence-electron chi connectivity index (χ1n) is 7.01. The van der Waals surface area contributed by atoms with Crippen LogP contribution in [-0.4, -0.2) is 28.6 Å². The lowest BCUT2D eigenvalue weighted by atomic mass is 9.77. The molecule has 0 aromatic heterocycles. The molecule has 2 aromatic carbocycles. The van der Waals surface area contributed by atoms with Gasteiger partial charge in [-0.25, -0.2) is 4.39 Å². The lowest BCUT2D eigenvalue weighted by Crippen LogP contribution is -2.36. The van der Waals surface area contributed by atoms with Gasteiger partial charge in [0.1, 0.15) is 5.82 Å². The Labute approximate surface area is 124 Å². The molecule has 0 saturated carbocycles. The predicted octanol–water partition coefficient (Wildman–Crippen LogP) is 1.53. The first-order chi connectivity index (χ1) is 10.1. The van der Waals surface area contributed by atoms with E-state index in [-0.39, 0.29) is 5.46 Å². The van der Waals surface area contributed by atoms with E-state index in [2.05, 4.69) is 17.0 Å². The molecule has 21 heavy (non-hydrogen) atoms. The van der Waals surface area contributed by atoms with Gasteiger partial charge in [-0.05, 0) is 35.3 Å². The van der Waals surface area contributed by atoms with Crippen LogP contribution in [0.5, 0.6) is 0 Å². The Kier molecular flexibility index (Phi) is 5.50. The van der Waals surface area contributed by atoms with Crippen molar-refractivity contribution in [2.45, 2.75) is 20.0 Å². The van der Waals surface area contributed by atoms with Crippen LogP contribution in [0.3, 0.4) is 0 Å². The van der Waals surface area contributed by atoms with Crippen molar-refractivity contribution in [3.63, 3.8) is 0 Å². The Hall–Kier alpha value is -1.69. The van der Waals surface area contributed by atoms with Crippen LogP contribution < -0.4 is 5.46 Å². The van der Waals surface area contributed by atoms with Crippen LogP contribution in [-0.2, 0) is 13.1 Å². The summed E-state index contributed by atoms with van der Waals surface area (Å²) in [6, 6.07) is 14.2. The minimum absolute atomic E-state index is 0.224. The lowest BCUT2D eigenvalue weighted by Gasteiger charge is -2.22. The summed E-state index contributed by atoms with van der Waals surface area (Å²) in [4.78, 5) is 2.16. The molecule has 0 aliphatic heterocycles. The highest BCUT2D eigenvalue weighted by Crippen LogP contribution is 2.10. The van der Waals surface area contributed by atoms with Gasteiger partial charge in [-0.3, -0.25) is 4.90 Å². The fraction of sp³-hybridized carbons (Fsp3) is 0.250. The Balaban J connectivity index is 2.15. The molecule has 2 N–H and O–H groups in total. The van der Waals surface area contributed by atoms with Crippen LogP contribution in [0.4, 0.5) is 4.39 Å². The minimum Gasteiger partial charge on any atom is -0.423 e. The fourth-order valence-electron chi connectivity index (χ4n) is 2.31. The summed E-state index contributed by atoms with van der Waals surface area (Å²) >= 11 is 0. The van der Waals surface area contributed by atoms with Gasteiger partial charge in [0, 0.05) is 13.1 Å². The zero-order chi connectivity index (χ0) is 15.2. The molecule has 2 rings (SSSR count). The van der Waals surface area contributed by atoms with Crippen LogP contribution in [0.25, 0.3) is 0 Å². The summed E-state index contributed by atoms with van der Waals surface area (Å²) in [7, 11) is -1.66. The third-order valence-corrected chi connectivity index (χ3v) is 3.48. The standard InChI is InChI=1S/C16H19BFNO2/c1-2-19(11-13-6-4-3-5-7-13)12-14-8-9-15(18)10-16(14)17(20)21/h3-10,20-21H,2,11-12H2,1H3. The maximum absolute atomic E-state index is 13.2. The van der Waals surface area contributed by atoms with E-state index in [4.69, 9.17) is 0 Å². The third-order valence-electron chi connectivity index (χ3n) is 3.48. The molecule has 0 unspecified atom stereocenters. The maximum Gasteiger partial charge on any atom is 0.488 e. The lowest BCUT2D eigenvalue weighted by molar-refractivity contribution is 0.271. The van der Waals surface area contributed by atoms with Gasteiger partial charge in [0.15, 0.2) is 0 Å². The average Bonchev–Trinajstić information content (AvgIpc) is 2.49. The van der Waals surface area contributed by atoms with Crippen LogP contribution >= 0.6 is 0 Å². The fourth-order valence-corrected chi connectivity index (χ4v) is 2.31. The van der Waals surface area contributed by atoms with Crippen molar-refractivity contribution in [2.75, 3.05) is 6.54 Å². The van der Waals surface area contributed by atoms with Crippen molar-refractivity contribution in [1.82, 2.24) is 4.90 Å². The van der Waals surface area contributed by atoms with Crippen molar-refractivity contribution in [3.05, 3.63) is 65.5 Å². The van der Waals surface area contributed by atoms with Crippen LogP contribution in [0.2, 0.25) is 0 Å². The highest BCUT2D eigenvalue weighted by Gasteiger charge is 2.18. The van der Waals surface area contributed by atoms with E-state index >= 15 is 0 Å². The highest BCUT2D eigenvalue weighted by molar-refractivity contribution is 6.59. The third kappa shape index (κ3) is 4.39. The summed E-state index contributed by atoms with van der Waals surface area (Å²) in [6.07, 6.45) is 0. The SMILES string of the molecule is CCN(Cc1ccccc1)Cc1ccc(F)cc1B(O)O. The van der Waals surface area contributed by atoms with E-state index in [1.807, 2.05) is 25.1 Å². The molecule has 0 aliphatic rings. The molecule has 5 heteroatoms. The second kappa shape index (κ2) is 7.36. The van der Waals surface area contributed by atoms with Crippen LogP contribution in [0.15, 0.2) is 48.5 Å². The second-order valence-corrected chi connectivity index (χ2v) is 5.01. The summed E-state index contributed by atoms with van der Waals surface area (Å²) < 4.78 is 13.2. The van der Waals surface area contributed by atoms with Crippen LogP contribution in [0.1, 0.15) is 18.1 Å². The number of halogens is 1. The van der Waals surface area contributed by atoms with E-state index in [1.165, 1.54) is 17.7 Å². The number of hydrogen-bond donors (Lipinski definition) is 2. The molecule has 0 aliphatic carbocycles. The molecule has 0 bridgehead atoms. The molecule has 0 saturated heterocycles. The van der Waals surface area contributed by atoms with Gasteiger partial charge in [0.2, 0.25) is 0 Å². The van der Waals surface area contributed by atoms with Gasteiger partial charge in [0.05, 0.1) is 0 Å². The molecular weight excluding hydrogens is 268 g/mol. The van der Waals surface area contributed by atoms with E-state index in [9.17, 15) is 14.4 Å². The molecule has 0 spiro atoms. The second-order valence-electron chi connectivity index (χ2n) is 5.01. The quantitative estimate of drug-likeness (QED) is 0.792. The average molecular weight is 287 g/mol. The number of benzene rings is 2. The van der Waals surface area contributed by atoms with Gasteiger partial charge >= 0.3 is 7.12 Å². The molecule has 0 fully saturated rings. The Morgan fingerprint density at radius 3 is 2.38 bits per heavy atom. The largest absolute Gasteiger partial charge is 0.488 e. The van der Waals surface area contributed by atoms with Crippen molar-refractivity contribution in [2.24, 2.45) is 0 Å². The summed E-state index contributed by atoms with van der Waals surface area (Å²) in [5, 5.41) is 18.7. The normalized spacial score (nSPS) is 10.9. The van der Waals surface area contributed by atoms with Gasteiger partial charge < -0.3 is 10.0 Å². The van der Waals surface area contributed by atoms with Gasteiger partial charge in [0.25, 0.3) is 0 Å². The molecule has 0 amide bonds. The molecule has 0 heterocycles. The number of rotatable bonds is 6. The summed E-state index contributed by atoms with van der Waals surface area (Å²) in [5.41, 5.74) is 2.14. The number of nitrogens with zero attached hydrogens (tertiary/aromatic N) is 1. The summed E-state index contributed by atoms with van der Waals surface area (Å²) in [5.74, 6) is -0.465. The van der Waals surface area contributed by atoms with Crippen molar-refractivity contribution in [1.29, 1.82) is 0 Å². The smallest absolute Gasteiger partial charge is 0.423 e. The van der Waals surface area contributed by atoms with Gasteiger partial charge in [-0.15, -0.1) is 0 Å². The first-order valence-corrected chi connectivity index (χ1v) is 7.01. The molecule has 110 valence electrons. The summed E-state index contributed by atoms with van der Waals surface area (Å²) in [6.45, 7) is 4.16. The van der Waals surface area contributed by atoms with Gasteiger partial charge in [-0.1, -0.05) is 43.3 Å². The zero-order valence-electron chi connectivity index (χ0n) is 12.0. The minimum atomic E-state index is -1.66. The zero-order valence-corrected chi connectivity index (χ0v) is 12.0. The molecule has 0 atom stereocenters. The monoisotopic (exact) mass is 287 g/mol. The topological polar surface area (TPSA) is 43.7 Å². The Morgan fingerprint density at radius 1 is 1.05 bits per heavy atom.